The van der Waals surface area contributed by atoms with E-state index in [-0.39, 0.29) is 6.04 Å². The van der Waals surface area contributed by atoms with Crippen LogP contribution >= 0.6 is 0 Å². The van der Waals surface area contributed by atoms with E-state index in [1.54, 1.807) is 7.11 Å². The van der Waals surface area contributed by atoms with Gasteiger partial charge in [0.05, 0.1) is 7.11 Å². The van der Waals surface area contributed by atoms with Crippen LogP contribution in [-0.4, -0.2) is 13.2 Å². The van der Waals surface area contributed by atoms with Crippen LogP contribution < -0.4 is 15.2 Å². The van der Waals surface area contributed by atoms with E-state index in [4.69, 9.17) is 15.2 Å². The largest absolute Gasteiger partial charge is 0.497 e. The molecular formula is C18H23NO2. The molecule has 3 heteroatoms. The fourth-order valence-corrected chi connectivity index (χ4v) is 2.24. The van der Waals surface area contributed by atoms with Crippen LogP contribution in [0.4, 0.5) is 0 Å². The SMILES string of the molecule is COc1ccc(COc2ccc(C)cc2CC(C)N)cc1. The number of hydrogen-bond acceptors (Lipinski definition) is 3. The molecule has 2 rings (SSSR count). The summed E-state index contributed by atoms with van der Waals surface area (Å²) in [6.07, 6.45) is 0.819. The minimum atomic E-state index is 0.120. The summed E-state index contributed by atoms with van der Waals surface area (Å²) in [5.41, 5.74) is 9.42. The van der Waals surface area contributed by atoms with Gasteiger partial charge in [0.1, 0.15) is 18.1 Å². The lowest BCUT2D eigenvalue weighted by atomic mass is 10.0. The van der Waals surface area contributed by atoms with E-state index in [2.05, 4.69) is 19.1 Å². The first-order chi connectivity index (χ1) is 10.1. The Labute approximate surface area is 126 Å². The normalized spacial score (nSPS) is 12.0. The monoisotopic (exact) mass is 285 g/mol. The first kappa shape index (κ1) is 15.4. The van der Waals surface area contributed by atoms with Gasteiger partial charge in [0.2, 0.25) is 0 Å². The van der Waals surface area contributed by atoms with Crippen molar-refractivity contribution in [3.05, 3.63) is 59.2 Å². The maximum atomic E-state index is 5.96. The predicted octanol–water partition coefficient (Wildman–Crippen LogP) is 3.47. The second-order valence-corrected chi connectivity index (χ2v) is 5.43. The molecule has 0 aliphatic carbocycles. The molecule has 1 unspecified atom stereocenters. The summed E-state index contributed by atoms with van der Waals surface area (Å²) < 4.78 is 11.1. The fourth-order valence-electron chi connectivity index (χ4n) is 2.24. The summed E-state index contributed by atoms with van der Waals surface area (Å²) >= 11 is 0. The molecule has 0 heterocycles. The molecule has 0 fully saturated rings. The molecule has 0 aliphatic heterocycles. The Morgan fingerprint density at radius 3 is 2.43 bits per heavy atom. The molecule has 0 aliphatic rings. The Morgan fingerprint density at radius 1 is 1.10 bits per heavy atom. The summed E-state index contributed by atoms with van der Waals surface area (Å²) in [5, 5.41) is 0. The Bertz CT molecular complexity index is 576. The van der Waals surface area contributed by atoms with Crippen LogP contribution in [-0.2, 0) is 13.0 Å². The second-order valence-electron chi connectivity index (χ2n) is 5.43. The number of benzene rings is 2. The van der Waals surface area contributed by atoms with Crippen LogP contribution in [0, 0.1) is 6.92 Å². The predicted molar refractivity (Wildman–Crippen MR) is 85.9 cm³/mol. The van der Waals surface area contributed by atoms with Crippen LogP contribution in [0.3, 0.4) is 0 Å². The Balaban J connectivity index is 2.07. The van der Waals surface area contributed by atoms with Gasteiger partial charge in [0, 0.05) is 6.04 Å². The van der Waals surface area contributed by atoms with Crippen molar-refractivity contribution in [2.75, 3.05) is 7.11 Å². The van der Waals surface area contributed by atoms with Gasteiger partial charge >= 0.3 is 0 Å². The summed E-state index contributed by atoms with van der Waals surface area (Å²) in [4.78, 5) is 0. The second kappa shape index (κ2) is 7.14. The Hall–Kier alpha value is -2.00. The average Bonchev–Trinajstić information content (AvgIpc) is 2.46. The standard InChI is InChI=1S/C18H23NO2/c1-13-4-9-18(16(10-13)11-14(2)19)21-12-15-5-7-17(20-3)8-6-15/h4-10,14H,11-12,19H2,1-3H3. The number of nitrogens with two attached hydrogens (primary N) is 1. The van der Waals surface area contributed by atoms with Crippen LogP contribution in [0.25, 0.3) is 0 Å². The highest BCUT2D eigenvalue weighted by atomic mass is 16.5. The van der Waals surface area contributed by atoms with E-state index in [0.29, 0.717) is 6.61 Å². The smallest absolute Gasteiger partial charge is 0.123 e. The van der Waals surface area contributed by atoms with Gasteiger partial charge in [-0.15, -0.1) is 0 Å². The molecule has 0 amide bonds. The van der Waals surface area contributed by atoms with Gasteiger partial charge in [0.15, 0.2) is 0 Å². The highest BCUT2D eigenvalue weighted by molar-refractivity contribution is 5.38. The van der Waals surface area contributed by atoms with Crippen LogP contribution in [0.5, 0.6) is 11.5 Å². The van der Waals surface area contributed by atoms with Crippen LogP contribution in [0.15, 0.2) is 42.5 Å². The van der Waals surface area contributed by atoms with Gasteiger partial charge < -0.3 is 15.2 Å². The van der Waals surface area contributed by atoms with Crippen molar-refractivity contribution >= 4 is 0 Å². The molecule has 112 valence electrons. The highest BCUT2D eigenvalue weighted by Crippen LogP contribution is 2.23. The van der Waals surface area contributed by atoms with E-state index >= 15 is 0 Å². The van der Waals surface area contributed by atoms with E-state index in [0.717, 1.165) is 23.5 Å². The lowest BCUT2D eigenvalue weighted by molar-refractivity contribution is 0.302. The van der Waals surface area contributed by atoms with Crippen molar-refractivity contribution in [3.8, 4) is 11.5 Å². The molecule has 0 radical (unpaired) electrons. The van der Waals surface area contributed by atoms with Crippen molar-refractivity contribution in [1.29, 1.82) is 0 Å². The molecule has 2 aromatic rings. The fraction of sp³-hybridized carbons (Fsp3) is 0.333. The van der Waals surface area contributed by atoms with Gasteiger partial charge in [-0.25, -0.2) is 0 Å². The van der Waals surface area contributed by atoms with Crippen LogP contribution in [0.1, 0.15) is 23.6 Å². The molecule has 1 atom stereocenters. The Morgan fingerprint density at radius 2 is 1.81 bits per heavy atom. The maximum absolute atomic E-state index is 5.96. The lowest BCUT2D eigenvalue weighted by Crippen LogP contribution is -2.18. The average molecular weight is 285 g/mol. The molecule has 2 N–H and O–H groups in total. The summed E-state index contributed by atoms with van der Waals surface area (Å²) in [5.74, 6) is 1.76. The minimum absolute atomic E-state index is 0.120. The Kier molecular flexibility index (Phi) is 5.23. The van der Waals surface area contributed by atoms with Crippen molar-refractivity contribution in [3.63, 3.8) is 0 Å². The first-order valence-corrected chi connectivity index (χ1v) is 7.19. The van der Waals surface area contributed by atoms with E-state index in [9.17, 15) is 0 Å². The molecule has 0 aromatic heterocycles. The maximum Gasteiger partial charge on any atom is 0.123 e. The van der Waals surface area contributed by atoms with Crippen molar-refractivity contribution in [1.82, 2.24) is 0 Å². The quantitative estimate of drug-likeness (QED) is 0.884. The number of rotatable bonds is 6. The van der Waals surface area contributed by atoms with Crippen molar-refractivity contribution in [2.45, 2.75) is 32.9 Å². The first-order valence-electron chi connectivity index (χ1n) is 7.19. The number of aryl methyl sites for hydroxylation is 1. The van der Waals surface area contributed by atoms with Gasteiger partial charge in [-0.05, 0) is 49.6 Å². The molecular weight excluding hydrogens is 262 g/mol. The van der Waals surface area contributed by atoms with Gasteiger partial charge in [-0.3, -0.25) is 0 Å². The third-order valence-electron chi connectivity index (χ3n) is 3.31. The molecule has 0 spiro atoms. The highest BCUT2D eigenvalue weighted by Gasteiger charge is 2.07. The summed E-state index contributed by atoms with van der Waals surface area (Å²) in [6.45, 7) is 4.63. The third kappa shape index (κ3) is 4.50. The topological polar surface area (TPSA) is 44.5 Å². The van der Waals surface area contributed by atoms with Crippen LogP contribution in [0.2, 0.25) is 0 Å². The van der Waals surface area contributed by atoms with Gasteiger partial charge in [-0.1, -0.05) is 29.8 Å². The number of ether oxygens (including phenoxy) is 2. The zero-order valence-corrected chi connectivity index (χ0v) is 12.9. The van der Waals surface area contributed by atoms with Crippen molar-refractivity contribution in [2.24, 2.45) is 5.73 Å². The number of hydrogen-bond donors (Lipinski definition) is 1. The summed E-state index contributed by atoms with van der Waals surface area (Å²) in [6, 6.07) is 14.3. The van der Waals surface area contributed by atoms with Gasteiger partial charge in [0.25, 0.3) is 0 Å². The van der Waals surface area contributed by atoms with E-state index in [1.165, 1.54) is 11.1 Å². The summed E-state index contributed by atoms with van der Waals surface area (Å²) in [7, 11) is 1.66. The van der Waals surface area contributed by atoms with E-state index in [1.807, 2.05) is 37.3 Å². The van der Waals surface area contributed by atoms with Gasteiger partial charge in [-0.2, -0.15) is 0 Å². The number of methoxy groups -OCH3 is 1. The molecule has 2 aromatic carbocycles. The zero-order valence-electron chi connectivity index (χ0n) is 12.9. The molecule has 0 saturated carbocycles. The zero-order chi connectivity index (χ0) is 15.2. The van der Waals surface area contributed by atoms with Crippen molar-refractivity contribution < 1.29 is 9.47 Å². The van der Waals surface area contributed by atoms with E-state index < -0.39 is 0 Å². The molecule has 0 bridgehead atoms. The minimum Gasteiger partial charge on any atom is -0.497 e. The molecule has 21 heavy (non-hydrogen) atoms. The lowest BCUT2D eigenvalue weighted by Gasteiger charge is -2.14. The molecule has 0 saturated heterocycles. The third-order valence-corrected chi connectivity index (χ3v) is 3.31. The molecule has 3 nitrogen and oxygen atoms in total.